The Hall–Kier alpha value is -0.380. The lowest BCUT2D eigenvalue weighted by Crippen LogP contribution is -2.40. The minimum Gasteiger partial charge on any atom is -0.391 e. The van der Waals surface area contributed by atoms with Gasteiger partial charge in [0.15, 0.2) is 0 Å². The van der Waals surface area contributed by atoms with E-state index in [4.69, 9.17) is 0 Å². The van der Waals surface area contributed by atoms with Crippen LogP contribution in [0.4, 0.5) is 0 Å². The minimum absolute atomic E-state index is 0.0460. The highest BCUT2D eigenvalue weighted by Gasteiger charge is 2.22. The second kappa shape index (κ2) is 5.80. The molecule has 1 aromatic heterocycles. The van der Waals surface area contributed by atoms with E-state index in [1.165, 1.54) is 4.88 Å². The van der Waals surface area contributed by atoms with Crippen LogP contribution in [-0.2, 0) is 6.42 Å². The molecule has 0 saturated heterocycles. The summed E-state index contributed by atoms with van der Waals surface area (Å²) in [6.45, 7) is 9.00. The van der Waals surface area contributed by atoms with Gasteiger partial charge < -0.3 is 10.4 Å². The summed E-state index contributed by atoms with van der Waals surface area (Å²) in [5.41, 5.74) is -0.0460. The van der Waals surface area contributed by atoms with E-state index in [1.54, 1.807) is 11.3 Å². The molecule has 0 radical (unpaired) electrons. The summed E-state index contributed by atoms with van der Waals surface area (Å²) in [6, 6.07) is 4.65. The number of nitrogens with one attached hydrogen (secondary N) is 1. The van der Waals surface area contributed by atoms with Gasteiger partial charge in [0.05, 0.1) is 6.10 Å². The highest BCUT2D eigenvalue weighted by atomic mass is 32.1. The molecule has 0 fully saturated rings. The standard InChI is InChI=1S/C13H23NOS/c1-10(8-11-6-5-7-16-11)14-9-12(15)13(2,3)4/h5-7,10,12,14-15H,8-9H2,1-4H3. The maximum atomic E-state index is 9.90. The van der Waals surface area contributed by atoms with Gasteiger partial charge in [0.2, 0.25) is 0 Å². The van der Waals surface area contributed by atoms with E-state index >= 15 is 0 Å². The molecule has 0 aliphatic heterocycles. The molecule has 0 saturated carbocycles. The zero-order chi connectivity index (χ0) is 12.2. The molecule has 1 aromatic rings. The van der Waals surface area contributed by atoms with Crippen molar-refractivity contribution in [3.8, 4) is 0 Å². The van der Waals surface area contributed by atoms with Crippen LogP contribution in [0.2, 0.25) is 0 Å². The van der Waals surface area contributed by atoms with Gasteiger partial charge in [0.25, 0.3) is 0 Å². The van der Waals surface area contributed by atoms with E-state index in [0.29, 0.717) is 12.6 Å². The molecular weight excluding hydrogens is 218 g/mol. The Bertz CT molecular complexity index is 289. The lowest BCUT2D eigenvalue weighted by molar-refractivity contribution is 0.0609. The van der Waals surface area contributed by atoms with E-state index in [1.807, 2.05) is 0 Å². The van der Waals surface area contributed by atoms with Gasteiger partial charge in [-0.2, -0.15) is 0 Å². The van der Waals surface area contributed by atoms with Gasteiger partial charge in [-0.15, -0.1) is 11.3 Å². The zero-order valence-corrected chi connectivity index (χ0v) is 11.5. The lowest BCUT2D eigenvalue weighted by atomic mass is 9.89. The van der Waals surface area contributed by atoms with Gasteiger partial charge in [-0.25, -0.2) is 0 Å². The molecule has 2 atom stereocenters. The summed E-state index contributed by atoms with van der Waals surface area (Å²) in [5.74, 6) is 0. The van der Waals surface area contributed by atoms with Crippen molar-refractivity contribution in [1.82, 2.24) is 5.32 Å². The van der Waals surface area contributed by atoms with E-state index in [0.717, 1.165) is 6.42 Å². The number of hydrogen-bond acceptors (Lipinski definition) is 3. The second-order valence-electron chi connectivity index (χ2n) is 5.47. The quantitative estimate of drug-likeness (QED) is 0.830. The Labute approximate surface area is 103 Å². The van der Waals surface area contributed by atoms with Crippen molar-refractivity contribution in [1.29, 1.82) is 0 Å². The Morgan fingerprint density at radius 2 is 2.12 bits per heavy atom. The predicted molar refractivity (Wildman–Crippen MR) is 70.9 cm³/mol. The highest BCUT2D eigenvalue weighted by Crippen LogP contribution is 2.18. The smallest absolute Gasteiger partial charge is 0.0712 e. The Morgan fingerprint density at radius 1 is 1.44 bits per heavy atom. The first-order chi connectivity index (χ1) is 7.39. The number of hydrogen-bond donors (Lipinski definition) is 2. The SMILES string of the molecule is CC(Cc1cccs1)NCC(O)C(C)(C)C. The summed E-state index contributed by atoms with van der Waals surface area (Å²) in [5, 5.41) is 15.4. The van der Waals surface area contributed by atoms with Crippen LogP contribution in [-0.4, -0.2) is 23.8 Å². The van der Waals surface area contributed by atoms with Crippen molar-refractivity contribution < 1.29 is 5.11 Å². The van der Waals surface area contributed by atoms with Crippen LogP contribution < -0.4 is 5.32 Å². The molecular formula is C13H23NOS. The molecule has 2 unspecified atom stereocenters. The van der Waals surface area contributed by atoms with E-state index in [2.05, 4.69) is 50.5 Å². The molecule has 0 amide bonds. The molecule has 0 aliphatic rings. The van der Waals surface area contributed by atoms with Gasteiger partial charge in [-0.1, -0.05) is 26.8 Å². The van der Waals surface area contributed by atoms with Crippen molar-refractivity contribution in [3.05, 3.63) is 22.4 Å². The van der Waals surface area contributed by atoms with E-state index < -0.39 is 0 Å². The average Bonchev–Trinajstić information content (AvgIpc) is 2.65. The fraction of sp³-hybridized carbons (Fsp3) is 0.692. The Morgan fingerprint density at radius 3 is 2.62 bits per heavy atom. The van der Waals surface area contributed by atoms with Crippen molar-refractivity contribution in [3.63, 3.8) is 0 Å². The van der Waals surface area contributed by atoms with Gasteiger partial charge in [-0.3, -0.25) is 0 Å². The molecule has 0 bridgehead atoms. The van der Waals surface area contributed by atoms with Crippen LogP contribution in [0.3, 0.4) is 0 Å². The third-order valence-electron chi connectivity index (χ3n) is 2.75. The maximum Gasteiger partial charge on any atom is 0.0712 e. The van der Waals surface area contributed by atoms with E-state index in [-0.39, 0.29) is 11.5 Å². The third kappa shape index (κ3) is 4.64. The summed E-state index contributed by atoms with van der Waals surface area (Å²) < 4.78 is 0. The Balaban J connectivity index is 2.28. The number of aliphatic hydroxyl groups is 1. The molecule has 3 heteroatoms. The topological polar surface area (TPSA) is 32.3 Å². The first kappa shape index (κ1) is 13.7. The summed E-state index contributed by atoms with van der Waals surface area (Å²) >= 11 is 1.79. The summed E-state index contributed by atoms with van der Waals surface area (Å²) in [7, 11) is 0. The van der Waals surface area contributed by atoms with Gasteiger partial charge >= 0.3 is 0 Å². The number of rotatable bonds is 5. The van der Waals surface area contributed by atoms with Gasteiger partial charge in [0.1, 0.15) is 0 Å². The molecule has 92 valence electrons. The van der Waals surface area contributed by atoms with Crippen LogP contribution in [0, 0.1) is 5.41 Å². The Kier molecular flexibility index (Phi) is 4.96. The zero-order valence-electron chi connectivity index (χ0n) is 10.7. The van der Waals surface area contributed by atoms with Crippen LogP contribution in [0.1, 0.15) is 32.6 Å². The first-order valence-electron chi connectivity index (χ1n) is 5.83. The van der Waals surface area contributed by atoms with Crippen molar-refractivity contribution >= 4 is 11.3 Å². The molecule has 0 aromatic carbocycles. The molecule has 0 spiro atoms. The molecule has 1 rings (SSSR count). The molecule has 16 heavy (non-hydrogen) atoms. The predicted octanol–water partition coefficient (Wildman–Crippen LogP) is 2.68. The maximum absolute atomic E-state index is 9.90. The fourth-order valence-electron chi connectivity index (χ4n) is 1.42. The molecule has 0 aliphatic carbocycles. The normalized spacial score (nSPS) is 16.1. The molecule has 2 N–H and O–H groups in total. The summed E-state index contributed by atoms with van der Waals surface area (Å²) in [4.78, 5) is 1.39. The minimum atomic E-state index is -0.293. The van der Waals surface area contributed by atoms with Crippen molar-refractivity contribution in [2.75, 3.05) is 6.54 Å². The van der Waals surface area contributed by atoms with Crippen LogP contribution in [0.5, 0.6) is 0 Å². The largest absolute Gasteiger partial charge is 0.391 e. The van der Waals surface area contributed by atoms with Crippen molar-refractivity contribution in [2.45, 2.75) is 46.3 Å². The van der Waals surface area contributed by atoms with Crippen LogP contribution >= 0.6 is 11.3 Å². The number of aliphatic hydroxyl groups excluding tert-OH is 1. The summed E-state index contributed by atoms with van der Waals surface area (Å²) in [6.07, 6.45) is 0.743. The first-order valence-corrected chi connectivity index (χ1v) is 6.71. The average molecular weight is 241 g/mol. The second-order valence-corrected chi connectivity index (χ2v) is 6.51. The van der Waals surface area contributed by atoms with Crippen molar-refractivity contribution in [2.24, 2.45) is 5.41 Å². The van der Waals surface area contributed by atoms with Gasteiger partial charge in [0, 0.05) is 17.5 Å². The monoisotopic (exact) mass is 241 g/mol. The molecule has 1 heterocycles. The lowest BCUT2D eigenvalue weighted by Gasteiger charge is -2.27. The van der Waals surface area contributed by atoms with Crippen LogP contribution in [0.15, 0.2) is 17.5 Å². The highest BCUT2D eigenvalue weighted by molar-refractivity contribution is 7.09. The third-order valence-corrected chi connectivity index (χ3v) is 3.65. The number of thiophene rings is 1. The van der Waals surface area contributed by atoms with Gasteiger partial charge in [-0.05, 0) is 30.2 Å². The molecule has 2 nitrogen and oxygen atoms in total. The fourth-order valence-corrected chi connectivity index (χ4v) is 2.26. The van der Waals surface area contributed by atoms with Crippen LogP contribution in [0.25, 0.3) is 0 Å². The van der Waals surface area contributed by atoms with E-state index in [9.17, 15) is 5.11 Å².